The summed E-state index contributed by atoms with van der Waals surface area (Å²) in [5.74, 6) is -0.0745. The maximum absolute atomic E-state index is 10.8. The largest absolute Gasteiger partial charge is 0.619 e. The SMILES string of the molecule is [O-][n+]1cccc(C(O)C(O)CCl)c1. The van der Waals surface area contributed by atoms with E-state index in [9.17, 15) is 15.4 Å². The topological polar surface area (TPSA) is 67.4 Å². The molecule has 2 unspecified atom stereocenters. The minimum atomic E-state index is -1.11. The molecule has 4 nitrogen and oxygen atoms in total. The second-order valence-electron chi connectivity index (χ2n) is 2.66. The van der Waals surface area contributed by atoms with Crippen molar-refractivity contribution in [3.05, 3.63) is 35.3 Å². The third-order valence-corrected chi connectivity index (χ3v) is 1.98. The summed E-state index contributed by atoms with van der Waals surface area (Å²) < 4.78 is 0.555. The predicted molar refractivity (Wildman–Crippen MR) is 47.1 cm³/mol. The van der Waals surface area contributed by atoms with Gasteiger partial charge in [0.25, 0.3) is 0 Å². The Balaban J connectivity index is 2.82. The maximum atomic E-state index is 10.8. The molecule has 0 aliphatic rings. The van der Waals surface area contributed by atoms with Crippen LogP contribution >= 0.6 is 11.6 Å². The van der Waals surface area contributed by atoms with Gasteiger partial charge in [0.1, 0.15) is 6.10 Å². The van der Waals surface area contributed by atoms with Crippen LogP contribution in [0, 0.1) is 5.21 Å². The molecule has 2 N–H and O–H groups in total. The van der Waals surface area contributed by atoms with Crippen molar-refractivity contribution in [1.82, 2.24) is 0 Å². The van der Waals surface area contributed by atoms with Gasteiger partial charge in [0.15, 0.2) is 12.4 Å². The first-order chi connectivity index (χ1) is 6.15. The zero-order chi connectivity index (χ0) is 9.84. The molecule has 0 saturated carbocycles. The Bertz CT molecular complexity index is 282. The van der Waals surface area contributed by atoms with Gasteiger partial charge in [-0.3, -0.25) is 0 Å². The lowest BCUT2D eigenvalue weighted by Gasteiger charge is -2.14. The van der Waals surface area contributed by atoms with Crippen LogP contribution < -0.4 is 4.73 Å². The molecule has 0 bridgehead atoms. The molecule has 72 valence electrons. The molecule has 13 heavy (non-hydrogen) atoms. The zero-order valence-corrected chi connectivity index (χ0v) is 7.55. The molecule has 1 aromatic heterocycles. The summed E-state index contributed by atoms with van der Waals surface area (Å²) >= 11 is 5.34. The average molecular weight is 204 g/mol. The van der Waals surface area contributed by atoms with Crippen LogP contribution in [0.5, 0.6) is 0 Å². The standard InChI is InChI=1S/C8H10ClNO3/c9-4-7(11)8(12)6-2-1-3-10(13)5-6/h1-3,5,7-8,11-12H,4H2. The molecule has 2 atom stereocenters. The second kappa shape index (κ2) is 4.41. The highest BCUT2D eigenvalue weighted by atomic mass is 35.5. The van der Waals surface area contributed by atoms with Crippen molar-refractivity contribution in [3.63, 3.8) is 0 Å². The normalized spacial score (nSPS) is 15.3. The van der Waals surface area contributed by atoms with E-state index in [1.165, 1.54) is 18.5 Å². The summed E-state index contributed by atoms with van der Waals surface area (Å²) in [6.07, 6.45) is 0.326. The third kappa shape index (κ3) is 2.55. The number of nitrogens with zero attached hydrogens (tertiary/aromatic N) is 1. The zero-order valence-electron chi connectivity index (χ0n) is 6.80. The number of halogens is 1. The number of alkyl halides is 1. The molecule has 0 aromatic carbocycles. The average Bonchev–Trinajstić information content (AvgIpc) is 2.15. The summed E-state index contributed by atoms with van der Waals surface area (Å²) in [6.45, 7) is 0. The molecule has 1 aromatic rings. The van der Waals surface area contributed by atoms with Crippen molar-refractivity contribution >= 4 is 11.6 Å². The number of pyridine rings is 1. The quantitative estimate of drug-likeness (QED) is 0.411. The molecule has 0 saturated heterocycles. The number of aliphatic hydroxyl groups is 2. The minimum Gasteiger partial charge on any atom is -0.619 e. The first kappa shape index (κ1) is 10.2. The molecule has 1 heterocycles. The monoisotopic (exact) mass is 203 g/mol. The third-order valence-electron chi connectivity index (χ3n) is 1.66. The van der Waals surface area contributed by atoms with Crippen molar-refractivity contribution in [1.29, 1.82) is 0 Å². The minimum absolute atomic E-state index is 0.0745. The van der Waals surface area contributed by atoms with Gasteiger partial charge < -0.3 is 15.4 Å². The smallest absolute Gasteiger partial charge is 0.186 e. The summed E-state index contributed by atoms with van der Waals surface area (Å²) in [4.78, 5) is 0. The molecular weight excluding hydrogens is 194 g/mol. The van der Waals surface area contributed by atoms with E-state index >= 15 is 0 Å². The lowest BCUT2D eigenvalue weighted by atomic mass is 10.1. The fraction of sp³-hybridized carbons (Fsp3) is 0.375. The molecule has 0 amide bonds. The number of aromatic nitrogens is 1. The first-order valence-electron chi connectivity index (χ1n) is 3.76. The van der Waals surface area contributed by atoms with Crippen LogP contribution in [0.2, 0.25) is 0 Å². The van der Waals surface area contributed by atoms with Gasteiger partial charge in [-0.25, -0.2) is 0 Å². The Morgan fingerprint density at radius 1 is 1.54 bits per heavy atom. The fourth-order valence-electron chi connectivity index (χ4n) is 0.953. The Morgan fingerprint density at radius 2 is 2.23 bits per heavy atom. The van der Waals surface area contributed by atoms with Gasteiger partial charge in [0.05, 0.1) is 12.0 Å². The van der Waals surface area contributed by atoms with Gasteiger partial charge >= 0.3 is 0 Å². The van der Waals surface area contributed by atoms with E-state index < -0.39 is 12.2 Å². The number of aliphatic hydroxyl groups excluding tert-OH is 2. The van der Waals surface area contributed by atoms with Gasteiger partial charge in [-0.1, -0.05) is 0 Å². The lowest BCUT2D eigenvalue weighted by molar-refractivity contribution is -0.606. The van der Waals surface area contributed by atoms with E-state index in [0.29, 0.717) is 10.3 Å². The van der Waals surface area contributed by atoms with Crippen molar-refractivity contribution in [3.8, 4) is 0 Å². The Labute approximate surface area is 80.6 Å². The molecule has 0 radical (unpaired) electrons. The van der Waals surface area contributed by atoms with E-state index in [1.54, 1.807) is 6.07 Å². The number of hydrogen-bond donors (Lipinski definition) is 2. The van der Waals surface area contributed by atoms with Gasteiger partial charge in [0.2, 0.25) is 0 Å². The van der Waals surface area contributed by atoms with Crippen molar-refractivity contribution in [2.45, 2.75) is 12.2 Å². The van der Waals surface area contributed by atoms with Gasteiger partial charge in [-0.2, -0.15) is 4.73 Å². The van der Waals surface area contributed by atoms with Crippen LogP contribution in [-0.4, -0.2) is 22.2 Å². The van der Waals surface area contributed by atoms with Crippen LogP contribution in [0.15, 0.2) is 24.5 Å². The van der Waals surface area contributed by atoms with Crippen LogP contribution in [0.3, 0.4) is 0 Å². The van der Waals surface area contributed by atoms with Crippen molar-refractivity contribution in [2.24, 2.45) is 0 Å². The van der Waals surface area contributed by atoms with Crippen LogP contribution in [0.25, 0.3) is 0 Å². The predicted octanol–water partition coefficient (Wildman–Crippen LogP) is -0.0469. The number of rotatable bonds is 3. The van der Waals surface area contributed by atoms with E-state index in [-0.39, 0.29) is 5.88 Å². The number of hydrogen-bond acceptors (Lipinski definition) is 3. The summed E-state index contributed by atoms with van der Waals surface area (Å²) in [7, 11) is 0. The van der Waals surface area contributed by atoms with Crippen molar-refractivity contribution < 1.29 is 14.9 Å². The maximum Gasteiger partial charge on any atom is 0.186 e. The van der Waals surface area contributed by atoms with E-state index in [2.05, 4.69) is 0 Å². The van der Waals surface area contributed by atoms with Crippen LogP contribution in [-0.2, 0) is 0 Å². The van der Waals surface area contributed by atoms with Crippen LogP contribution in [0.4, 0.5) is 0 Å². The fourth-order valence-corrected chi connectivity index (χ4v) is 1.12. The molecule has 0 aliphatic heterocycles. The Morgan fingerprint density at radius 3 is 2.77 bits per heavy atom. The molecule has 0 spiro atoms. The Kier molecular flexibility index (Phi) is 3.48. The van der Waals surface area contributed by atoms with E-state index in [0.717, 1.165) is 0 Å². The highest BCUT2D eigenvalue weighted by Gasteiger charge is 2.18. The van der Waals surface area contributed by atoms with Gasteiger partial charge in [-0.05, 0) is 6.07 Å². The molecule has 0 aliphatic carbocycles. The van der Waals surface area contributed by atoms with Gasteiger partial charge in [-0.15, -0.1) is 11.6 Å². The second-order valence-corrected chi connectivity index (χ2v) is 2.97. The summed E-state index contributed by atoms with van der Waals surface area (Å²) in [6, 6.07) is 3.04. The van der Waals surface area contributed by atoms with Gasteiger partial charge in [0, 0.05) is 11.6 Å². The highest BCUT2D eigenvalue weighted by molar-refractivity contribution is 6.18. The summed E-state index contributed by atoms with van der Waals surface area (Å²) in [5, 5.41) is 29.4. The summed E-state index contributed by atoms with van der Waals surface area (Å²) in [5.41, 5.74) is 0.352. The Hall–Kier alpha value is -0.840. The molecule has 1 rings (SSSR count). The first-order valence-corrected chi connectivity index (χ1v) is 4.29. The highest BCUT2D eigenvalue weighted by Crippen LogP contribution is 2.15. The van der Waals surface area contributed by atoms with Crippen LogP contribution in [0.1, 0.15) is 11.7 Å². The van der Waals surface area contributed by atoms with Crippen molar-refractivity contribution in [2.75, 3.05) is 5.88 Å². The molecule has 0 fully saturated rings. The molecular formula is C8H10ClNO3. The van der Waals surface area contributed by atoms with E-state index in [4.69, 9.17) is 11.6 Å². The molecule has 5 heteroatoms. The van der Waals surface area contributed by atoms with E-state index in [1.807, 2.05) is 0 Å². The lowest BCUT2D eigenvalue weighted by Crippen LogP contribution is -2.28.